The van der Waals surface area contributed by atoms with E-state index in [1.165, 1.54) is 5.69 Å². The van der Waals surface area contributed by atoms with Crippen LogP contribution in [0.25, 0.3) is 0 Å². The van der Waals surface area contributed by atoms with Gasteiger partial charge in [0.25, 0.3) is 0 Å². The first kappa shape index (κ1) is 10.3. The van der Waals surface area contributed by atoms with Crippen molar-refractivity contribution in [3.05, 3.63) is 18.0 Å². The molecule has 0 N–H and O–H groups in total. The van der Waals surface area contributed by atoms with E-state index in [1.807, 2.05) is 17.8 Å². The molecule has 0 amide bonds. The molecule has 0 unspecified atom stereocenters. The fraction of sp³-hybridized carbons (Fsp3) is 0.700. The van der Waals surface area contributed by atoms with Crippen LogP contribution in [0.2, 0.25) is 0 Å². The molecular formula is C10H15N3O2S. The van der Waals surface area contributed by atoms with E-state index in [0.717, 1.165) is 19.6 Å². The van der Waals surface area contributed by atoms with Gasteiger partial charge in [0, 0.05) is 24.7 Å². The summed E-state index contributed by atoms with van der Waals surface area (Å²) in [5, 5.41) is 4.27. The highest BCUT2D eigenvalue weighted by molar-refractivity contribution is 7.92. The first-order chi connectivity index (χ1) is 7.48. The normalized spacial score (nSPS) is 27.1. The maximum Gasteiger partial charge on any atom is 0.151 e. The van der Waals surface area contributed by atoms with Crippen LogP contribution in [0.15, 0.2) is 12.3 Å². The molecule has 1 saturated heterocycles. The maximum atomic E-state index is 11.4. The fourth-order valence-electron chi connectivity index (χ4n) is 2.98. The number of nitrogens with zero attached hydrogens (tertiary/aromatic N) is 3. The molecule has 0 radical (unpaired) electrons. The van der Waals surface area contributed by atoms with Crippen molar-refractivity contribution in [2.24, 2.45) is 5.41 Å². The minimum Gasteiger partial charge on any atom is -0.300 e. The number of sulfone groups is 1. The smallest absolute Gasteiger partial charge is 0.151 e. The zero-order chi connectivity index (χ0) is 11.4. The maximum absolute atomic E-state index is 11.4. The Labute approximate surface area is 95.0 Å². The summed E-state index contributed by atoms with van der Waals surface area (Å²) in [6.45, 7) is 2.43. The molecule has 5 nitrogen and oxygen atoms in total. The number of rotatable bonds is 0. The molecule has 2 aliphatic rings. The van der Waals surface area contributed by atoms with Gasteiger partial charge in [-0.15, -0.1) is 0 Å². The van der Waals surface area contributed by atoms with Gasteiger partial charge in [0.15, 0.2) is 9.84 Å². The van der Waals surface area contributed by atoms with E-state index < -0.39 is 9.84 Å². The summed E-state index contributed by atoms with van der Waals surface area (Å²) in [7, 11) is -0.745. The fourth-order valence-corrected chi connectivity index (χ4v) is 5.13. The lowest BCUT2D eigenvalue weighted by Gasteiger charge is -2.41. The van der Waals surface area contributed by atoms with Crippen molar-refractivity contribution in [2.75, 3.05) is 25.1 Å². The molecule has 0 aliphatic carbocycles. The van der Waals surface area contributed by atoms with Gasteiger partial charge >= 0.3 is 0 Å². The molecule has 1 aromatic heterocycles. The number of hydrogen-bond donors (Lipinski definition) is 0. The molecule has 16 heavy (non-hydrogen) atoms. The third-order valence-corrected chi connectivity index (χ3v) is 5.48. The molecule has 88 valence electrons. The molecule has 2 aliphatic heterocycles. The Balaban J connectivity index is 1.94. The molecule has 3 heterocycles. The zero-order valence-corrected chi connectivity index (χ0v) is 10.1. The van der Waals surface area contributed by atoms with Crippen LogP contribution in [-0.4, -0.2) is 48.2 Å². The van der Waals surface area contributed by atoms with Gasteiger partial charge < -0.3 is 0 Å². The summed E-state index contributed by atoms with van der Waals surface area (Å²) in [5.74, 6) is 0.618. The van der Waals surface area contributed by atoms with E-state index in [2.05, 4.69) is 10.00 Å². The molecular weight excluding hydrogens is 226 g/mol. The highest BCUT2D eigenvalue weighted by Crippen LogP contribution is 2.37. The van der Waals surface area contributed by atoms with Crippen LogP contribution in [0.1, 0.15) is 5.69 Å². The molecule has 1 fully saturated rings. The molecule has 1 aromatic rings. The summed E-state index contributed by atoms with van der Waals surface area (Å²) in [4.78, 5) is 2.19. The highest BCUT2D eigenvalue weighted by Gasteiger charge is 2.50. The minimum atomic E-state index is -2.78. The van der Waals surface area contributed by atoms with Gasteiger partial charge in [-0.1, -0.05) is 0 Å². The molecule has 6 heteroatoms. The average Bonchev–Trinajstić information content (AvgIpc) is 2.43. The van der Waals surface area contributed by atoms with E-state index in [4.69, 9.17) is 0 Å². The van der Waals surface area contributed by atoms with Gasteiger partial charge in [0.2, 0.25) is 0 Å². The van der Waals surface area contributed by atoms with Crippen LogP contribution >= 0.6 is 0 Å². The molecule has 0 saturated carbocycles. The van der Waals surface area contributed by atoms with Crippen LogP contribution in [0.4, 0.5) is 0 Å². The van der Waals surface area contributed by atoms with Crippen molar-refractivity contribution in [3.8, 4) is 0 Å². The summed E-state index contributed by atoms with van der Waals surface area (Å²) in [6.07, 6.45) is 1.79. The standard InChI is InChI=1S/C10H15N3O2S/c1-12-4-9-2-3-11-13(9)6-10(5-12)7-16(14,15)8-10/h2-3H,4-8H2,1H3. The van der Waals surface area contributed by atoms with E-state index in [9.17, 15) is 8.42 Å². The lowest BCUT2D eigenvalue weighted by atomic mass is 9.91. The second-order valence-electron chi connectivity index (χ2n) is 5.18. The Kier molecular flexibility index (Phi) is 1.98. The van der Waals surface area contributed by atoms with Gasteiger partial charge in [0.1, 0.15) is 0 Å². The molecule has 3 rings (SSSR count). The zero-order valence-electron chi connectivity index (χ0n) is 9.26. The summed E-state index contributed by atoms with van der Waals surface area (Å²) >= 11 is 0. The highest BCUT2D eigenvalue weighted by atomic mass is 32.2. The van der Waals surface area contributed by atoms with E-state index in [-0.39, 0.29) is 5.41 Å². The van der Waals surface area contributed by atoms with Gasteiger partial charge in [-0.05, 0) is 13.1 Å². The van der Waals surface area contributed by atoms with E-state index >= 15 is 0 Å². The largest absolute Gasteiger partial charge is 0.300 e. The Morgan fingerprint density at radius 3 is 2.81 bits per heavy atom. The average molecular weight is 241 g/mol. The minimum absolute atomic E-state index is 0.106. The van der Waals surface area contributed by atoms with Crippen molar-refractivity contribution in [3.63, 3.8) is 0 Å². The van der Waals surface area contributed by atoms with Gasteiger partial charge in [-0.2, -0.15) is 5.10 Å². The quantitative estimate of drug-likeness (QED) is 0.628. The summed E-state index contributed by atoms with van der Waals surface area (Å²) < 4.78 is 24.7. The van der Waals surface area contributed by atoms with Gasteiger partial charge in [-0.25, -0.2) is 8.42 Å². The number of hydrogen-bond acceptors (Lipinski definition) is 4. The van der Waals surface area contributed by atoms with Gasteiger partial charge in [0.05, 0.1) is 23.7 Å². The predicted octanol–water partition coefficient (Wildman–Crippen LogP) is -0.257. The molecule has 0 atom stereocenters. The molecule has 0 aromatic carbocycles. The van der Waals surface area contributed by atoms with Crippen molar-refractivity contribution in [1.29, 1.82) is 0 Å². The van der Waals surface area contributed by atoms with Crippen LogP contribution in [0.3, 0.4) is 0 Å². The lowest BCUT2D eigenvalue weighted by Crippen LogP contribution is -2.55. The van der Waals surface area contributed by atoms with Gasteiger partial charge in [-0.3, -0.25) is 9.58 Å². The SMILES string of the molecule is CN1Cc2ccnn2CC2(C1)CS(=O)(=O)C2. The van der Waals surface area contributed by atoms with E-state index in [1.54, 1.807) is 6.20 Å². The van der Waals surface area contributed by atoms with Crippen molar-refractivity contribution in [2.45, 2.75) is 13.1 Å². The topological polar surface area (TPSA) is 55.2 Å². The Morgan fingerprint density at radius 2 is 2.12 bits per heavy atom. The number of aromatic nitrogens is 2. The monoisotopic (exact) mass is 241 g/mol. The van der Waals surface area contributed by atoms with Crippen LogP contribution in [0.5, 0.6) is 0 Å². The second-order valence-corrected chi connectivity index (χ2v) is 7.25. The molecule has 0 bridgehead atoms. The summed E-state index contributed by atoms with van der Waals surface area (Å²) in [5.41, 5.74) is 1.06. The third-order valence-electron chi connectivity index (χ3n) is 3.38. The van der Waals surface area contributed by atoms with Crippen LogP contribution in [0, 0.1) is 5.41 Å². The first-order valence-corrected chi connectivity index (χ1v) is 7.20. The Hall–Kier alpha value is -0.880. The van der Waals surface area contributed by atoms with Crippen molar-refractivity contribution in [1.82, 2.24) is 14.7 Å². The molecule has 1 spiro atoms. The Bertz CT molecular complexity index is 508. The Morgan fingerprint density at radius 1 is 1.38 bits per heavy atom. The van der Waals surface area contributed by atoms with Crippen molar-refractivity contribution < 1.29 is 8.42 Å². The van der Waals surface area contributed by atoms with E-state index in [0.29, 0.717) is 11.5 Å². The summed E-state index contributed by atoms with van der Waals surface area (Å²) in [6, 6.07) is 2.00. The number of fused-ring (bicyclic) bond motifs is 1. The lowest BCUT2D eigenvalue weighted by molar-refractivity contribution is 0.190. The van der Waals surface area contributed by atoms with Crippen molar-refractivity contribution >= 4 is 9.84 Å². The first-order valence-electron chi connectivity index (χ1n) is 5.38. The second kappa shape index (κ2) is 3.07. The van der Waals surface area contributed by atoms with Crippen LogP contribution < -0.4 is 0 Å². The van der Waals surface area contributed by atoms with Crippen LogP contribution in [-0.2, 0) is 22.9 Å². The third kappa shape index (κ3) is 1.56. The predicted molar refractivity (Wildman–Crippen MR) is 59.6 cm³/mol.